The van der Waals surface area contributed by atoms with Crippen molar-refractivity contribution in [2.24, 2.45) is 0 Å². The summed E-state index contributed by atoms with van der Waals surface area (Å²) in [6.45, 7) is 0. The number of hydrogen-bond donors (Lipinski definition) is 2. The van der Waals surface area contributed by atoms with Crippen molar-refractivity contribution in [2.75, 3.05) is 0 Å². The molecular weight excluding hydrogens is 220 g/mol. The lowest BCUT2D eigenvalue weighted by atomic mass is 10.2. The van der Waals surface area contributed by atoms with Gasteiger partial charge < -0.3 is 14.9 Å². The molecule has 0 aliphatic heterocycles. The third-order valence-electron chi connectivity index (χ3n) is 2.23. The molecular formula is C13H10O4. The second-order valence-corrected chi connectivity index (χ2v) is 3.38. The van der Waals surface area contributed by atoms with Crippen molar-refractivity contribution in [1.82, 2.24) is 0 Å². The summed E-state index contributed by atoms with van der Waals surface area (Å²) in [5.74, 6) is -0.00782. The highest BCUT2D eigenvalue weighted by atomic mass is 16.5. The zero-order valence-electron chi connectivity index (χ0n) is 8.83. The first-order valence-electron chi connectivity index (χ1n) is 4.95. The molecule has 0 saturated carbocycles. The number of carbonyl (C=O) groups is 1. The second kappa shape index (κ2) is 4.57. The van der Waals surface area contributed by atoms with E-state index < -0.39 is 0 Å². The van der Waals surface area contributed by atoms with Crippen LogP contribution in [0.5, 0.6) is 23.0 Å². The molecule has 0 aliphatic rings. The van der Waals surface area contributed by atoms with Crippen molar-refractivity contribution in [3.8, 4) is 23.0 Å². The number of aldehydes is 1. The van der Waals surface area contributed by atoms with Crippen LogP contribution in [-0.2, 0) is 0 Å². The molecule has 0 unspecified atom stereocenters. The highest BCUT2D eigenvalue weighted by molar-refractivity contribution is 5.81. The third-order valence-corrected chi connectivity index (χ3v) is 2.23. The molecule has 0 fully saturated rings. The standard InChI is InChI=1S/C13H10O4/c14-8-9-4-3-6-11(16)13(9)17-12-7-2-1-5-10(12)15/h1-8,15-16H. The Bertz CT molecular complexity index is 549. The maximum Gasteiger partial charge on any atom is 0.179 e. The molecule has 86 valence electrons. The maximum absolute atomic E-state index is 10.8. The van der Waals surface area contributed by atoms with Gasteiger partial charge in [0.05, 0.1) is 5.56 Å². The minimum absolute atomic E-state index is 0.0315. The number of aromatic hydroxyl groups is 2. The molecule has 0 aromatic heterocycles. The summed E-state index contributed by atoms with van der Waals surface area (Å²) < 4.78 is 5.33. The van der Waals surface area contributed by atoms with Gasteiger partial charge in [0.2, 0.25) is 0 Å². The van der Waals surface area contributed by atoms with E-state index in [4.69, 9.17) is 4.74 Å². The quantitative estimate of drug-likeness (QED) is 0.795. The van der Waals surface area contributed by atoms with E-state index in [9.17, 15) is 15.0 Å². The van der Waals surface area contributed by atoms with Crippen molar-refractivity contribution < 1.29 is 19.7 Å². The van der Waals surface area contributed by atoms with Crippen LogP contribution in [0.15, 0.2) is 42.5 Å². The number of para-hydroxylation sites is 3. The first-order chi connectivity index (χ1) is 8.22. The molecule has 4 nitrogen and oxygen atoms in total. The predicted octanol–water partition coefficient (Wildman–Crippen LogP) is 2.70. The number of hydrogen-bond acceptors (Lipinski definition) is 4. The van der Waals surface area contributed by atoms with E-state index in [1.54, 1.807) is 12.1 Å². The van der Waals surface area contributed by atoms with Crippen molar-refractivity contribution >= 4 is 6.29 Å². The zero-order chi connectivity index (χ0) is 12.3. The van der Waals surface area contributed by atoms with Crippen molar-refractivity contribution in [3.05, 3.63) is 48.0 Å². The van der Waals surface area contributed by atoms with Crippen LogP contribution in [-0.4, -0.2) is 16.5 Å². The Hall–Kier alpha value is -2.49. The van der Waals surface area contributed by atoms with Crippen LogP contribution in [0.25, 0.3) is 0 Å². The van der Waals surface area contributed by atoms with E-state index in [-0.39, 0.29) is 28.6 Å². The molecule has 2 N–H and O–H groups in total. The van der Waals surface area contributed by atoms with Gasteiger partial charge in [-0.25, -0.2) is 0 Å². The lowest BCUT2D eigenvalue weighted by Crippen LogP contribution is -1.91. The maximum atomic E-state index is 10.8. The summed E-state index contributed by atoms with van der Waals surface area (Å²) in [5.41, 5.74) is 0.216. The van der Waals surface area contributed by atoms with E-state index in [2.05, 4.69) is 0 Å². The Morgan fingerprint density at radius 1 is 0.941 bits per heavy atom. The van der Waals surface area contributed by atoms with E-state index in [1.165, 1.54) is 30.3 Å². The van der Waals surface area contributed by atoms with Crippen LogP contribution in [0, 0.1) is 0 Å². The fourth-order valence-corrected chi connectivity index (χ4v) is 1.40. The molecule has 2 aromatic carbocycles. The summed E-state index contributed by atoms with van der Waals surface area (Å²) in [6.07, 6.45) is 0.578. The van der Waals surface area contributed by atoms with Crippen molar-refractivity contribution in [3.63, 3.8) is 0 Å². The number of ether oxygens (including phenoxy) is 1. The molecule has 4 heteroatoms. The number of rotatable bonds is 3. The second-order valence-electron chi connectivity index (χ2n) is 3.38. The van der Waals surface area contributed by atoms with E-state index in [1.807, 2.05) is 0 Å². The minimum Gasteiger partial charge on any atom is -0.504 e. The van der Waals surface area contributed by atoms with Gasteiger partial charge in [-0.05, 0) is 24.3 Å². The molecule has 0 aliphatic carbocycles. The molecule has 0 saturated heterocycles. The fraction of sp³-hybridized carbons (Fsp3) is 0. The Labute approximate surface area is 97.7 Å². The zero-order valence-corrected chi connectivity index (χ0v) is 8.83. The van der Waals surface area contributed by atoms with E-state index in [0.29, 0.717) is 6.29 Å². The van der Waals surface area contributed by atoms with Gasteiger partial charge in [0, 0.05) is 0 Å². The van der Waals surface area contributed by atoms with Gasteiger partial charge in [0.1, 0.15) is 0 Å². The fourth-order valence-electron chi connectivity index (χ4n) is 1.40. The Kier molecular flexibility index (Phi) is 2.96. The van der Waals surface area contributed by atoms with Crippen molar-refractivity contribution in [1.29, 1.82) is 0 Å². The number of phenols is 2. The van der Waals surface area contributed by atoms with E-state index >= 15 is 0 Å². The summed E-state index contributed by atoms with van der Waals surface area (Å²) in [6, 6.07) is 10.8. The van der Waals surface area contributed by atoms with Crippen LogP contribution >= 0.6 is 0 Å². The van der Waals surface area contributed by atoms with E-state index in [0.717, 1.165) is 0 Å². The normalized spacial score (nSPS) is 9.88. The van der Waals surface area contributed by atoms with Gasteiger partial charge in [0.15, 0.2) is 29.3 Å². The average molecular weight is 230 g/mol. The summed E-state index contributed by atoms with van der Waals surface area (Å²) in [5, 5.41) is 19.1. The monoisotopic (exact) mass is 230 g/mol. The van der Waals surface area contributed by atoms with Gasteiger partial charge in [-0.1, -0.05) is 18.2 Å². The molecule has 2 rings (SSSR count). The molecule has 2 aromatic rings. The Balaban J connectivity index is 2.43. The van der Waals surface area contributed by atoms with Gasteiger partial charge in [-0.15, -0.1) is 0 Å². The van der Waals surface area contributed by atoms with Crippen LogP contribution in [0.1, 0.15) is 10.4 Å². The third kappa shape index (κ3) is 2.20. The minimum atomic E-state index is -0.155. The molecule has 0 spiro atoms. The van der Waals surface area contributed by atoms with Gasteiger partial charge >= 0.3 is 0 Å². The average Bonchev–Trinajstić information content (AvgIpc) is 2.34. The molecule has 0 atom stereocenters. The van der Waals surface area contributed by atoms with Crippen LogP contribution in [0.3, 0.4) is 0 Å². The number of carbonyl (C=O) groups excluding carboxylic acids is 1. The largest absolute Gasteiger partial charge is 0.504 e. The topological polar surface area (TPSA) is 66.8 Å². The van der Waals surface area contributed by atoms with Crippen LogP contribution < -0.4 is 4.74 Å². The molecule has 0 amide bonds. The molecule has 0 radical (unpaired) electrons. The Morgan fingerprint density at radius 3 is 2.35 bits per heavy atom. The highest BCUT2D eigenvalue weighted by Crippen LogP contribution is 2.36. The summed E-state index contributed by atoms with van der Waals surface area (Å²) >= 11 is 0. The molecule has 0 bridgehead atoms. The first-order valence-corrected chi connectivity index (χ1v) is 4.95. The SMILES string of the molecule is O=Cc1cccc(O)c1Oc1ccccc1O. The number of phenolic OH excluding ortho intramolecular Hbond substituents is 2. The molecule has 0 heterocycles. The molecule has 17 heavy (non-hydrogen) atoms. The predicted molar refractivity (Wildman–Crippen MR) is 61.7 cm³/mol. The van der Waals surface area contributed by atoms with Crippen LogP contribution in [0.2, 0.25) is 0 Å². The van der Waals surface area contributed by atoms with Crippen LogP contribution in [0.4, 0.5) is 0 Å². The first kappa shape index (κ1) is 11.0. The summed E-state index contributed by atoms with van der Waals surface area (Å²) in [4.78, 5) is 10.8. The highest BCUT2D eigenvalue weighted by Gasteiger charge is 2.11. The van der Waals surface area contributed by atoms with Gasteiger partial charge in [0.25, 0.3) is 0 Å². The Morgan fingerprint density at radius 2 is 1.65 bits per heavy atom. The van der Waals surface area contributed by atoms with Gasteiger partial charge in [-0.2, -0.15) is 0 Å². The smallest absolute Gasteiger partial charge is 0.179 e. The lowest BCUT2D eigenvalue weighted by Gasteiger charge is -2.10. The van der Waals surface area contributed by atoms with Crippen molar-refractivity contribution in [2.45, 2.75) is 0 Å². The lowest BCUT2D eigenvalue weighted by molar-refractivity contribution is 0.112. The van der Waals surface area contributed by atoms with Gasteiger partial charge in [-0.3, -0.25) is 4.79 Å². The number of benzene rings is 2. The summed E-state index contributed by atoms with van der Waals surface area (Å²) in [7, 11) is 0.